The molecule has 106 valence electrons. The Morgan fingerprint density at radius 3 is 2.11 bits per heavy atom. The van der Waals surface area contributed by atoms with Crippen LogP contribution in [0.15, 0.2) is 18.2 Å². The van der Waals surface area contributed by atoms with Gasteiger partial charge >= 0.3 is 0 Å². The summed E-state index contributed by atoms with van der Waals surface area (Å²) in [7, 11) is 4.86. The van der Waals surface area contributed by atoms with Crippen LogP contribution >= 0.6 is 15.9 Å². The van der Waals surface area contributed by atoms with E-state index in [1.165, 1.54) is 0 Å². The van der Waals surface area contributed by atoms with Crippen molar-refractivity contribution < 1.29 is 14.3 Å². The van der Waals surface area contributed by atoms with Gasteiger partial charge in [0.1, 0.15) is 17.1 Å². The smallest absolute Gasteiger partial charge is 0.261 e. The highest BCUT2D eigenvalue weighted by Gasteiger charge is 2.30. The van der Waals surface area contributed by atoms with Gasteiger partial charge < -0.3 is 14.4 Å². The minimum Gasteiger partial charge on any atom is -0.496 e. The van der Waals surface area contributed by atoms with Crippen LogP contribution in [0.1, 0.15) is 24.2 Å². The molecule has 19 heavy (non-hydrogen) atoms. The molecule has 0 spiro atoms. The number of benzene rings is 1. The Morgan fingerprint density at radius 2 is 1.74 bits per heavy atom. The van der Waals surface area contributed by atoms with Crippen LogP contribution in [-0.4, -0.2) is 42.9 Å². The molecule has 0 fully saturated rings. The number of carbonyl (C=O) groups excluding carboxylic acids is 1. The van der Waals surface area contributed by atoms with Crippen LogP contribution in [0.5, 0.6) is 11.5 Å². The topological polar surface area (TPSA) is 38.8 Å². The summed E-state index contributed by atoms with van der Waals surface area (Å²) >= 11 is 3.43. The number of halogens is 1. The fourth-order valence-corrected chi connectivity index (χ4v) is 1.97. The van der Waals surface area contributed by atoms with Gasteiger partial charge in [-0.05, 0) is 26.0 Å². The Bertz CT molecular complexity index is 438. The highest BCUT2D eigenvalue weighted by atomic mass is 79.9. The maximum absolute atomic E-state index is 12.7. The predicted octanol–water partition coefficient (Wildman–Crippen LogP) is 2.95. The van der Waals surface area contributed by atoms with Crippen molar-refractivity contribution in [1.82, 2.24) is 4.90 Å². The molecule has 1 aromatic rings. The number of methoxy groups -OCH3 is 2. The second-order valence-corrected chi connectivity index (χ2v) is 5.41. The van der Waals surface area contributed by atoms with E-state index in [4.69, 9.17) is 9.47 Å². The summed E-state index contributed by atoms with van der Waals surface area (Å²) in [6.07, 6.45) is 0. The number of carbonyl (C=O) groups is 1. The largest absolute Gasteiger partial charge is 0.496 e. The second-order valence-electron chi connectivity index (χ2n) is 4.85. The molecule has 1 aromatic carbocycles. The van der Waals surface area contributed by atoms with E-state index >= 15 is 0 Å². The molecule has 0 N–H and O–H groups in total. The summed E-state index contributed by atoms with van der Waals surface area (Å²) in [5.41, 5.74) is 0.146. The molecule has 0 aliphatic heterocycles. The Kier molecular flexibility index (Phi) is 5.23. The van der Waals surface area contributed by atoms with Crippen molar-refractivity contribution in [3.05, 3.63) is 23.8 Å². The van der Waals surface area contributed by atoms with Gasteiger partial charge in [0, 0.05) is 17.9 Å². The molecule has 0 aliphatic carbocycles. The molecule has 5 heteroatoms. The molecule has 0 unspecified atom stereocenters. The lowest BCUT2D eigenvalue weighted by molar-refractivity contribution is 0.0656. The zero-order valence-corrected chi connectivity index (χ0v) is 13.6. The summed E-state index contributed by atoms with van der Waals surface area (Å²) in [5.74, 6) is 0.905. The molecule has 0 bridgehead atoms. The van der Waals surface area contributed by atoms with E-state index in [9.17, 15) is 4.79 Å². The normalized spacial score (nSPS) is 11.1. The molecule has 4 nitrogen and oxygen atoms in total. The summed E-state index contributed by atoms with van der Waals surface area (Å²) in [5, 5.41) is 0.680. The quantitative estimate of drug-likeness (QED) is 0.779. The molecule has 0 saturated carbocycles. The van der Waals surface area contributed by atoms with E-state index in [1.807, 2.05) is 13.8 Å². The highest BCUT2D eigenvalue weighted by molar-refractivity contribution is 9.09. The minimum atomic E-state index is -0.303. The summed E-state index contributed by atoms with van der Waals surface area (Å²) in [4.78, 5) is 14.3. The van der Waals surface area contributed by atoms with Crippen molar-refractivity contribution in [2.24, 2.45) is 0 Å². The average Bonchev–Trinajstić information content (AvgIpc) is 2.44. The predicted molar refractivity (Wildman–Crippen MR) is 79.5 cm³/mol. The number of amides is 1. The van der Waals surface area contributed by atoms with Crippen LogP contribution in [0.3, 0.4) is 0 Å². The lowest BCUT2D eigenvalue weighted by Crippen LogP contribution is -2.46. The fraction of sp³-hybridized carbons (Fsp3) is 0.500. The third-order valence-electron chi connectivity index (χ3n) is 3.18. The van der Waals surface area contributed by atoms with Gasteiger partial charge in [-0.25, -0.2) is 0 Å². The Labute approximate surface area is 122 Å². The van der Waals surface area contributed by atoms with Crippen LogP contribution in [0.2, 0.25) is 0 Å². The number of nitrogens with zero attached hydrogens (tertiary/aromatic N) is 1. The third kappa shape index (κ3) is 3.21. The van der Waals surface area contributed by atoms with Gasteiger partial charge in [-0.15, -0.1) is 0 Å². The summed E-state index contributed by atoms with van der Waals surface area (Å²) in [6, 6.07) is 5.31. The van der Waals surface area contributed by atoms with Crippen LogP contribution in [0.25, 0.3) is 0 Å². The summed E-state index contributed by atoms with van der Waals surface area (Å²) < 4.78 is 10.5. The fourth-order valence-electron chi connectivity index (χ4n) is 1.59. The van der Waals surface area contributed by atoms with E-state index in [0.29, 0.717) is 22.4 Å². The van der Waals surface area contributed by atoms with E-state index in [0.717, 1.165) is 0 Å². The van der Waals surface area contributed by atoms with Crippen molar-refractivity contribution in [3.8, 4) is 11.5 Å². The Morgan fingerprint density at radius 1 is 1.26 bits per heavy atom. The van der Waals surface area contributed by atoms with Gasteiger partial charge in [-0.3, -0.25) is 4.79 Å². The molecule has 0 atom stereocenters. The zero-order chi connectivity index (χ0) is 14.6. The van der Waals surface area contributed by atoms with E-state index < -0.39 is 0 Å². The van der Waals surface area contributed by atoms with Gasteiger partial charge in [-0.1, -0.05) is 22.0 Å². The minimum absolute atomic E-state index is 0.126. The highest BCUT2D eigenvalue weighted by Crippen LogP contribution is 2.31. The molecule has 0 saturated heterocycles. The monoisotopic (exact) mass is 329 g/mol. The van der Waals surface area contributed by atoms with Gasteiger partial charge in [0.15, 0.2) is 0 Å². The SMILES string of the molecule is COc1cccc(OC)c1C(=O)N(C)C(C)(C)CBr. The van der Waals surface area contributed by atoms with Gasteiger partial charge in [0.2, 0.25) is 0 Å². The molecular weight excluding hydrogens is 310 g/mol. The van der Waals surface area contributed by atoms with E-state index in [-0.39, 0.29) is 11.4 Å². The first-order valence-electron chi connectivity index (χ1n) is 5.94. The second kappa shape index (κ2) is 6.28. The average molecular weight is 330 g/mol. The molecular formula is C14H20BrNO3. The van der Waals surface area contributed by atoms with E-state index in [1.54, 1.807) is 44.4 Å². The zero-order valence-electron chi connectivity index (χ0n) is 12.0. The first-order valence-corrected chi connectivity index (χ1v) is 7.06. The van der Waals surface area contributed by atoms with Crippen molar-refractivity contribution in [3.63, 3.8) is 0 Å². The van der Waals surface area contributed by atoms with Crippen LogP contribution in [-0.2, 0) is 0 Å². The molecule has 1 amide bonds. The van der Waals surface area contributed by atoms with Gasteiger partial charge in [0.25, 0.3) is 5.91 Å². The standard InChI is InChI=1S/C14H20BrNO3/c1-14(2,9-15)16(3)13(17)12-10(18-4)7-6-8-11(12)19-5/h6-8H,9H2,1-5H3. The molecule has 0 radical (unpaired) electrons. The number of alkyl halides is 1. The number of rotatable bonds is 5. The van der Waals surface area contributed by atoms with Crippen molar-refractivity contribution in [2.45, 2.75) is 19.4 Å². The molecule has 0 aliphatic rings. The van der Waals surface area contributed by atoms with Gasteiger partial charge in [-0.2, -0.15) is 0 Å². The Hall–Kier alpha value is -1.23. The number of ether oxygens (including phenoxy) is 2. The maximum atomic E-state index is 12.7. The molecule has 1 rings (SSSR count). The molecule has 0 heterocycles. The van der Waals surface area contributed by atoms with Gasteiger partial charge in [0.05, 0.1) is 14.2 Å². The maximum Gasteiger partial charge on any atom is 0.261 e. The first kappa shape index (κ1) is 15.8. The number of hydrogen-bond acceptors (Lipinski definition) is 3. The van der Waals surface area contributed by atoms with Crippen molar-refractivity contribution in [1.29, 1.82) is 0 Å². The summed E-state index contributed by atoms with van der Waals surface area (Å²) in [6.45, 7) is 3.98. The van der Waals surface area contributed by atoms with Crippen LogP contribution in [0, 0.1) is 0 Å². The van der Waals surface area contributed by atoms with Crippen LogP contribution < -0.4 is 9.47 Å². The molecule has 0 aromatic heterocycles. The first-order chi connectivity index (χ1) is 8.88. The van der Waals surface area contributed by atoms with Crippen molar-refractivity contribution in [2.75, 3.05) is 26.6 Å². The lowest BCUT2D eigenvalue weighted by atomic mass is 10.0. The van der Waals surface area contributed by atoms with E-state index in [2.05, 4.69) is 15.9 Å². The lowest BCUT2D eigenvalue weighted by Gasteiger charge is -2.34. The van der Waals surface area contributed by atoms with Crippen LogP contribution in [0.4, 0.5) is 0 Å². The number of hydrogen-bond donors (Lipinski definition) is 0. The van der Waals surface area contributed by atoms with Crippen molar-refractivity contribution >= 4 is 21.8 Å². The Balaban J connectivity index is 3.26. The third-order valence-corrected chi connectivity index (χ3v) is 4.55.